The zero-order valence-corrected chi connectivity index (χ0v) is 4.94. The molecule has 0 rings (SSSR count). The van der Waals surface area contributed by atoms with Gasteiger partial charge in [-0.15, -0.1) is 0 Å². The van der Waals surface area contributed by atoms with Crippen molar-refractivity contribution in [1.29, 1.82) is 0 Å². The molecule has 0 aliphatic heterocycles. The topological polar surface area (TPSA) is 66.4 Å². The van der Waals surface area contributed by atoms with Crippen LogP contribution in [0.5, 0.6) is 0 Å². The SMILES string of the molecule is CS(=O)(=O)NC(O)F. The lowest BCUT2D eigenvalue weighted by Crippen LogP contribution is -2.29. The van der Waals surface area contributed by atoms with Gasteiger partial charge >= 0.3 is 0 Å². The molecule has 0 heterocycles. The quantitative estimate of drug-likeness (QED) is 0.376. The first kappa shape index (κ1) is 7.80. The van der Waals surface area contributed by atoms with Crippen molar-refractivity contribution in [2.45, 2.75) is 6.48 Å². The van der Waals surface area contributed by atoms with Crippen LogP contribution in [-0.2, 0) is 10.0 Å². The molecule has 4 nitrogen and oxygen atoms in total. The van der Waals surface area contributed by atoms with Crippen LogP contribution in [0.3, 0.4) is 0 Å². The summed E-state index contributed by atoms with van der Waals surface area (Å²) < 4.78 is 32.4. The van der Waals surface area contributed by atoms with Crippen molar-refractivity contribution in [3.8, 4) is 0 Å². The Kier molecular flexibility index (Phi) is 2.32. The average molecular weight is 143 g/mol. The zero-order valence-electron chi connectivity index (χ0n) is 4.13. The zero-order chi connectivity index (χ0) is 6.78. The summed E-state index contributed by atoms with van der Waals surface area (Å²) in [5.41, 5.74) is 0. The molecule has 0 aliphatic carbocycles. The average Bonchev–Trinajstić information content (AvgIpc) is 1.21. The Bertz CT molecular complexity index is 151. The van der Waals surface area contributed by atoms with Gasteiger partial charge < -0.3 is 5.11 Å². The van der Waals surface area contributed by atoms with Gasteiger partial charge in [-0.1, -0.05) is 0 Å². The van der Waals surface area contributed by atoms with Crippen molar-refractivity contribution >= 4 is 10.0 Å². The molecule has 0 amide bonds. The molecule has 2 N–H and O–H groups in total. The van der Waals surface area contributed by atoms with Gasteiger partial charge in [-0.3, -0.25) is 0 Å². The molecule has 0 bridgehead atoms. The second-order valence-corrected chi connectivity index (χ2v) is 3.01. The van der Waals surface area contributed by atoms with E-state index in [1.165, 1.54) is 4.72 Å². The van der Waals surface area contributed by atoms with Gasteiger partial charge in [-0.25, -0.2) is 8.42 Å². The van der Waals surface area contributed by atoms with E-state index >= 15 is 0 Å². The second-order valence-electron chi connectivity index (χ2n) is 1.23. The fourth-order valence-corrected chi connectivity index (χ4v) is 0.530. The van der Waals surface area contributed by atoms with E-state index in [0.717, 1.165) is 6.26 Å². The van der Waals surface area contributed by atoms with Crippen LogP contribution in [-0.4, -0.2) is 26.3 Å². The summed E-state index contributed by atoms with van der Waals surface area (Å²) in [6.45, 7) is -2.50. The van der Waals surface area contributed by atoms with Gasteiger partial charge in [-0.2, -0.15) is 9.11 Å². The van der Waals surface area contributed by atoms with E-state index in [1.54, 1.807) is 0 Å². The molecule has 0 aliphatic rings. The van der Waals surface area contributed by atoms with Crippen LogP contribution in [0, 0.1) is 0 Å². The highest BCUT2D eigenvalue weighted by Gasteiger charge is 2.05. The van der Waals surface area contributed by atoms with Gasteiger partial charge in [0.2, 0.25) is 10.0 Å². The van der Waals surface area contributed by atoms with Crippen molar-refractivity contribution in [3.05, 3.63) is 0 Å². The van der Waals surface area contributed by atoms with Crippen LogP contribution in [0.25, 0.3) is 0 Å². The number of aliphatic hydroxyl groups excluding tert-OH is 1. The maximum Gasteiger partial charge on any atom is 0.265 e. The van der Waals surface area contributed by atoms with Gasteiger partial charge in [0.15, 0.2) is 0 Å². The highest BCUT2D eigenvalue weighted by molar-refractivity contribution is 7.88. The van der Waals surface area contributed by atoms with E-state index in [9.17, 15) is 12.8 Å². The standard InChI is InChI=1S/C2H6FNO3S/c1-8(6,7)4-2(3)5/h2,4-5H,1H3. The van der Waals surface area contributed by atoms with Crippen molar-refractivity contribution in [3.63, 3.8) is 0 Å². The van der Waals surface area contributed by atoms with E-state index in [4.69, 9.17) is 5.11 Å². The maximum atomic E-state index is 11.3. The molecule has 0 radical (unpaired) electrons. The first-order chi connectivity index (χ1) is 3.42. The Morgan fingerprint density at radius 2 is 2.12 bits per heavy atom. The molecule has 6 heteroatoms. The first-order valence-corrected chi connectivity index (χ1v) is 3.60. The monoisotopic (exact) mass is 143 g/mol. The molecular formula is C2H6FNO3S. The Labute approximate surface area is 46.4 Å². The van der Waals surface area contributed by atoms with E-state index in [0.29, 0.717) is 0 Å². The van der Waals surface area contributed by atoms with Gasteiger partial charge in [0, 0.05) is 0 Å². The van der Waals surface area contributed by atoms with Crippen LogP contribution in [0.2, 0.25) is 0 Å². The summed E-state index contributed by atoms with van der Waals surface area (Å²) >= 11 is 0. The number of nitrogens with one attached hydrogen (secondary N) is 1. The number of hydrogen-bond donors (Lipinski definition) is 2. The summed E-state index contributed by atoms with van der Waals surface area (Å²) in [7, 11) is -3.60. The third-order valence-electron chi connectivity index (χ3n) is 0.311. The van der Waals surface area contributed by atoms with Crippen LogP contribution < -0.4 is 4.72 Å². The molecule has 1 unspecified atom stereocenters. The van der Waals surface area contributed by atoms with E-state index < -0.39 is 16.5 Å². The van der Waals surface area contributed by atoms with Gasteiger partial charge in [-0.05, 0) is 0 Å². The van der Waals surface area contributed by atoms with Crippen molar-refractivity contribution < 1.29 is 17.9 Å². The number of aliphatic hydroxyl groups is 1. The molecule has 1 atom stereocenters. The molecule has 50 valence electrons. The van der Waals surface area contributed by atoms with Crippen LogP contribution in [0.1, 0.15) is 0 Å². The second kappa shape index (κ2) is 2.38. The minimum absolute atomic E-state index is 0.746. The molecule has 0 saturated carbocycles. The molecule has 0 aromatic rings. The van der Waals surface area contributed by atoms with E-state index in [1.807, 2.05) is 0 Å². The summed E-state index contributed by atoms with van der Waals surface area (Å²) in [6.07, 6.45) is 0.746. The highest BCUT2D eigenvalue weighted by atomic mass is 32.2. The Morgan fingerprint density at radius 3 is 2.12 bits per heavy atom. The predicted octanol–water partition coefficient (Wildman–Crippen LogP) is -1.22. The lowest BCUT2D eigenvalue weighted by Gasteiger charge is -1.98. The first-order valence-electron chi connectivity index (χ1n) is 1.71. The van der Waals surface area contributed by atoms with Crippen molar-refractivity contribution in [2.75, 3.05) is 6.26 Å². The van der Waals surface area contributed by atoms with E-state index in [-0.39, 0.29) is 0 Å². The number of rotatable bonds is 2. The number of halogens is 1. The highest BCUT2D eigenvalue weighted by Crippen LogP contribution is 1.79. The molecule has 0 aromatic carbocycles. The number of hydrogen-bond acceptors (Lipinski definition) is 3. The lowest BCUT2D eigenvalue weighted by molar-refractivity contribution is 0.0326. The molecular weight excluding hydrogens is 137 g/mol. The smallest absolute Gasteiger partial charge is 0.265 e. The Balaban J connectivity index is 3.75. The summed E-state index contributed by atoms with van der Waals surface area (Å²) in [6, 6.07) is 0. The minimum Gasteiger partial charge on any atom is -0.352 e. The van der Waals surface area contributed by atoms with Crippen LogP contribution in [0.4, 0.5) is 4.39 Å². The largest absolute Gasteiger partial charge is 0.352 e. The third kappa shape index (κ3) is 5.80. The fraction of sp³-hybridized carbons (Fsp3) is 1.00. The molecule has 0 spiro atoms. The molecule has 0 fully saturated rings. The maximum absolute atomic E-state index is 11.3. The Hall–Kier alpha value is -0.200. The molecule has 0 aromatic heterocycles. The fourth-order valence-electron chi connectivity index (χ4n) is 0.177. The van der Waals surface area contributed by atoms with Crippen LogP contribution >= 0.6 is 0 Å². The third-order valence-corrected chi connectivity index (χ3v) is 0.934. The predicted molar refractivity (Wildman–Crippen MR) is 25.1 cm³/mol. The molecule has 8 heavy (non-hydrogen) atoms. The van der Waals surface area contributed by atoms with Gasteiger partial charge in [0.1, 0.15) is 0 Å². The summed E-state index contributed by atoms with van der Waals surface area (Å²) in [5.74, 6) is 0. The Morgan fingerprint density at radius 1 is 1.75 bits per heavy atom. The minimum atomic E-state index is -3.60. The summed E-state index contributed by atoms with van der Waals surface area (Å²) in [5, 5.41) is 7.73. The van der Waals surface area contributed by atoms with Crippen molar-refractivity contribution in [1.82, 2.24) is 4.72 Å². The van der Waals surface area contributed by atoms with Crippen LogP contribution in [0.15, 0.2) is 0 Å². The summed E-state index contributed by atoms with van der Waals surface area (Å²) in [4.78, 5) is 0. The van der Waals surface area contributed by atoms with Crippen molar-refractivity contribution in [2.24, 2.45) is 0 Å². The number of alkyl halides is 1. The lowest BCUT2D eigenvalue weighted by atomic mass is 11.3. The van der Waals surface area contributed by atoms with Gasteiger partial charge in [0.05, 0.1) is 6.26 Å². The number of sulfonamides is 1. The normalized spacial score (nSPS) is 15.9. The van der Waals surface area contributed by atoms with E-state index in [2.05, 4.69) is 0 Å². The van der Waals surface area contributed by atoms with Gasteiger partial charge in [0.25, 0.3) is 6.48 Å². The molecule has 0 saturated heterocycles.